The number of nitrogens with two attached hydrogens (primary N) is 1. The van der Waals surface area contributed by atoms with Gasteiger partial charge in [0.05, 0.1) is 5.54 Å². The van der Waals surface area contributed by atoms with Crippen molar-refractivity contribution in [1.82, 2.24) is 5.32 Å². The van der Waals surface area contributed by atoms with Crippen molar-refractivity contribution in [1.29, 1.82) is 0 Å². The van der Waals surface area contributed by atoms with Gasteiger partial charge in [-0.2, -0.15) is 0 Å². The molecule has 1 saturated carbocycles. The molecule has 2 fully saturated rings. The van der Waals surface area contributed by atoms with Gasteiger partial charge >= 0.3 is 0 Å². The Morgan fingerprint density at radius 3 is 2.50 bits per heavy atom. The largest absolute Gasteiger partial charge is 0.381 e. The average Bonchev–Trinajstić information content (AvgIpc) is 3.33. The lowest BCUT2D eigenvalue weighted by Crippen LogP contribution is -2.59. The Morgan fingerprint density at radius 1 is 1.27 bits per heavy atom. The van der Waals surface area contributed by atoms with Gasteiger partial charge in [-0.05, 0) is 43.6 Å². The predicted octanol–water partition coefficient (Wildman–Crippen LogP) is 2.05. The molecule has 22 heavy (non-hydrogen) atoms. The minimum atomic E-state index is -0.748. The zero-order valence-corrected chi connectivity index (χ0v) is 13.6. The number of rotatable bonds is 5. The molecule has 0 aromatic heterocycles. The average molecular weight is 325 g/mol. The first-order valence-electron chi connectivity index (χ1n) is 7.89. The molecule has 5 heteroatoms. The molecule has 1 aliphatic heterocycles. The Balaban J connectivity index is 0.00000176. The van der Waals surface area contributed by atoms with Gasteiger partial charge in [0.2, 0.25) is 5.91 Å². The molecule has 0 spiro atoms. The van der Waals surface area contributed by atoms with Gasteiger partial charge in [0.25, 0.3) is 0 Å². The zero-order valence-electron chi connectivity index (χ0n) is 12.8. The molecule has 1 heterocycles. The first-order chi connectivity index (χ1) is 10.2. The number of carbonyl (C=O) groups is 1. The predicted molar refractivity (Wildman–Crippen MR) is 89.0 cm³/mol. The molecule has 1 saturated heterocycles. The molecule has 4 nitrogen and oxygen atoms in total. The van der Waals surface area contributed by atoms with Gasteiger partial charge in [0, 0.05) is 19.3 Å². The Bertz CT molecular complexity index is 485. The van der Waals surface area contributed by atoms with Crippen molar-refractivity contribution in [3.8, 4) is 0 Å². The van der Waals surface area contributed by atoms with Crippen molar-refractivity contribution in [2.75, 3.05) is 13.2 Å². The molecule has 0 radical (unpaired) electrons. The molecule has 122 valence electrons. The standard InChI is InChI=1S/C17H24N2O2.ClH/c18-17(8-10-21-11-9-17)16(20)19-15(14-6-7-14)12-13-4-2-1-3-5-13;/h1-5,14-15H,6-12,18H2,(H,19,20);1H. The number of halogens is 1. The molecular formula is C17H25ClN2O2. The molecule has 3 rings (SSSR count). The summed E-state index contributed by atoms with van der Waals surface area (Å²) in [7, 11) is 0. The Morgan fingerprint density at radius 2 is 1.91 bits per heavy atom. The molecule has 0 bridgehead atoms. The first-order valence-corrected chi connectivity index (χ1v) is 7.89. The molecule has 2 aliphatic rings. The summed E-state index contributed by atoms with van der Waals surface area (Å²) in [4.78, 5) is 12.6. The summed E-state index contributed by atoms with van der Waals surface area (Å²) >= 11 is 0. The van der Waals surface area contributed by atoms with Gasteiger partial charge in [-0.1, -0.05) is 30.3 Å². The highest BCUT2D eigenvalue weighted by atomic mass is 35.5. The quantitative estimate of drug-likeness (QED) is 0.871. The Labute approximate surface area is 138 Å². The molecule has 1 amide bonds. The third-order valence-electron chi connectivity index (χ3n) is 4.64. The van der Waals surface area contributed by atoms with E-state index in [4.69, 9.17) is 10.5 Å². The summed E-state index contributed by atoms with van der Waals surface area (Å²) in [5, 5.41) is 3.22. The first kappa shape index (κ1) is 17.3. The van der Waals surface area contributed by atoms with Gasteiger partial charge in [-0.25, -0.2) is 0 Å². The zero-order chi connectivity index (χ0) is 14.7. The summed E-state index contributed by atoms with van der Waals surface area (Å²) in [6, 6.07) is 10.6. The molecule has 1 atom stereocenters. The van der Waals surface area contributed by atoms with Crippen LogP contribution < -0.4 is 11.1 Å². The number of hydrogen-bond acceptors (Lipinski definition) is 3. The van der Waals surface area contributed by atoms with Gasteiger partial charge in [0.15, 0.2) is 0 Å². The van der Waals surface area contributed by atoms with Crippen LogP contribution in [0.3, 0.4) is 0 Å². The number of nitrogens with one attached hydrogen (secondary N) is 1. The molecule has 1 aromatic rings. The third kappa shape index (κ3) is 4.22. The van der Waals surface area contributed by atoms with Crippen LogP contribution in [0, 0.1) is 5.92 Å². The number of ether oxygens (including phenoxy) is 1. The van der Waals surface area contributed by atoms with Crippen molar-refractivity contribution in [3.63, 3.8) is 0 Å². The number of carbonyl (C=O) groups excluding carboxylic acids is 1. The monoisotopic (exact) mass is 324 g/mol. The lowest BCUT2D eigenvalue weighted by molar-refractivity contribution is -0.130. The molecule has 1 aliphatic carbocycles. The van der Waals surface area contributed by atoms with Gasteiger partial charge in [0.1, 0.15) is 0 Å². The number of hydrogen-bond donors (Lipinski definition) is 2. The van der Waals surface area contributed by atoms with Crippen LogP contribution in [0.15, 0.2) is 30.3 Å². The van der Waals surface area contributed by atoms with Gasteiger partial charge in [-0.3, -0.25) is 4.79 Å². The van der Waals surface area contributed by atoms with Crippen LogP contribution in [0.25, 0.3) is 0 Å². The highest BCUT2D eigenvalue weighted by Crippen LogP contribution is 2.34. The molecule has 1 unspecified atom stereocenters. The highest BCUT2D eigenvalue weighted by Gasteiger charge is 2.39. The van der Waals surface area contributed by atoms with Crippen molar-refractivity contribution in [3.05, 3.63) is 35.9 Å². The summed E-state index contributed by atoms with van der Waals surface area (Å²) in [6.07, 6.45) is 4.53. The van der Waals surface area contributed by atoms with E-state index in [0.717, 1.165) is 6.42 Å². The van der Waals surface area contributed by atoms with Crippen LogP contribution in [0.1, 0.15) is 31.2 Å². The van der Waals surface area contributed by atoms with Crippen LogP contribution in [0.5, 0.6) is 0 Å². The maximum atomic E-state index is 12.6. The van der Waals surface area contributed by atoms with E-state index >= 15 is 0 Å². The highest BCUT2D eigenvalue weighted by molar-refractivity contribution is 5.86. The van der Waals surface area contributed by atoms with E-state index in [1.54, 1.807) is 0 Å². The van der Waals surface area contributed by atoms with Crippen LogP contribution in [-0.4, -0.2) is 30.7 Å². The van der Waals surface area contributed by atoms with E-state index in [1.807, 2.05) is 18.2 Å². The normalized spacial score (nSPS) is 21.5. The van der Waals surface area contributed by atoms with Crippen LogP contribution in [-0.2, 0) is 16.0 Å². The summed E-state index contributed by atoms with van der Waals surface area (Å²) in [5.41, 5.74) is 6.80. The van der Waals surface area contributed by atoms with Crippen LogP contribution in [0.4, 0.5) is 0 Å². The van der Waals surface area contributed by atoms with E-state index in [0.29, 0.717) is 32.0 Å². The SMILES string of the molecule is Cl.NC1(C(=O)NC(Cc2ccccc2)C2CC2)CCOCC1. The van der Waals surface area contributed by atoms with Gasteiger partial charge < -0.3 is 15.8 Å². The van der Waals surface area contributed by atoms with Gasteiger partial charge in [-0.15, -0.1) is 12.4 Å². The second-order valence-corrected chi connectivity index (χ2v) is 6.38. The Kier molecular flexibility index (Phi) is 5.84. The second-order valence-electron chi connectivity index (χ2n) is 6.38. The van der Waals surface area contributed by atoms with E-state index in [1.165, 1.54) is 18.4 Å². The summed E-state index contributed by atoms with van der Waals surface area (Å²) in [6.45, 7) is 1.16. The van der Waals surface area contributed by atoms with Crippen molar-refractivity contribution < 1.29 is 9.53 Å². The fourth-order valence-electron chi connectivity index (χ4n) is 2.98. The van der Waals surface area contributed by atoms with Crippen LogP contribution in [0.2, 0.25) is 0 Å². The van der Waals surface area contributed by atoms with Crippen molar-refractivity contribution in [2.24, 2.45) is 11.7 Å². The maximum absolute atomic E-state index is 12.6. The summed E-state index contributed by atoms with van der Waals surface area (Å²) < 4.78 is 5.32. The molecule has 1 aromatic carbocycles. The molecular weight excluding hydrogens is 300 g/mol. The lowest BCUT2D eigenvalue weighted by atomic mass is 9.89. The summed E-state index contributed by atoms with van der Waals surface area (Å²) in [5.74, 6) is 0.608. The second kappa shape index (κ2) is 7.44. The fraction of sp³-hybridized carbons (Fsp3) is 0.588. The number of benzene rings is 1. The maximum Gasteiger partial charge on any atom is 0.240 e. The van der Waals surface area contributed by atoms with Crippen LogP contribution >= 0.6 is 12.4 Å². The third-order valence-corrected chi connectivity index (χ3v) is 4.64. The lowest BCUT2D eigenvalue weighted by Gasteiger charge is -2.33. The minimum Gasteiger partial charge on any atom is -0.381 e. The van der Waals surface area contributed by atoms with Crippen molar-refractivity contribution in [2.45, 2.75) is 43.7 Å². The van der Waals surface area contributed by atoms with Crippen molar-refractivity contribution >= 4 is 18.3 Å². The van der Waals surface area contributed by atoms with E-state index in [9.17, 15) is 4.79 Å². The van der Waals surface area contributed by atoms with E-state index < -0.39 is 5.54 Å². The molecule has 3 N–H and O–H groups in total. The topological polar surface area (TPSA) is 64.4 Å². The Hall–Kier alpha value is -1.10. The smallest absolute Gasteiger partial charge is 0.240 e. The van der Waals surface area contributed by atoms with E-state index in [-0.39, 0.29) is 24.4 Å². The van der Waals surface area contributed by atoms with E-state index in [2.05, 4.69) is 17.4 Å². The minimum absolute atomic E-state index is 0. The fourth-order valence-corrected chi connectivity index (χ4v) is 2.98. The number of amides is 1.